The Morgan fingerprint density at radius 3 is 2.76 bits per heavy atom. The van der Waals surface area contributed by atoms with Gasteiger partial charge in [-0.2, -0.15) is 0 Å². The summed E-state index contributed by atoms with van der Waals surface area (Å²) in [5, 5.41) is 2.92. The molecule has 0 heterocycles. The second kappa shape index (κ2) is 6.30. The Balaban J connectivity index is 2.71. The molecular weight excluding hydrogens is 226 g/mol. The molecule has 1 aromatic carbocycles. The number of rotatable bonds is 5. The molecule has 0 spiro atoms. The van der Waals surface area contributed by atoms with Crippen molar-refractivity contribution in [3.63, 3.8) is 0 Å². The lowest BCUT2D eigenvalue weighted by Gasteiger charge is -2.18. The lowest BCUT2D eigenvalue weighted by molar-refractivity contribution is -0.118. The summed E-state index contributed by atoms with van der Waals surface area (Å²) in [7, 11) is 3.24. The zero-order valence-electron chi connectivity index (χ0n) is 9.96. The molecule has 0 aromatic heterocycles. The van der Waals surface area contributed by atoms with E-state index in [9.17, 15) is 13.6 Å². The monoisotopic (exact) mass is 242 g/mol. The second-order valence-corrected chi connectivity index (χ2v) is 3.76. The molecule has 0 atom stereocenters. The number of nitrogens with one attached hydrogen (secondary N) is 1. The van der Waals surface area contributed by atoms with Gasteiger partial charge in [-0.3, -0.25) is 4.79 Å². The van der Waals surface area contributed by atoms with Crippen molar-refractivity contribution >= 4 is 11.6 Å². The third kappa shape index (κ3) is 3.78. The minimum absolute atomic E-state index is 0.0283. The highest BCUT2D eigenvalue weighted by atomic mass is 19.1. The molecule has 17 heavy (non-hydrogen) atoms. The van der Waals surface area contributed by atoms with Crippen molar-refractivity contribution in [3.8, 4) is 0 Å². The molecule has 0 bridgehead atoms. The van der Waals surface area contributed by atoms with E-state index < -0.39 is 11.6 Å². The summed E-state index contributed by atoms with van der Waals surface area (Å²) in [5.74, 6) is -1.39. The van der Waals surface area contributed by atoms with Crippen molar-refractivity contribution in [2.24, 2.45) is 0 Å². The number of carbonyl (C=O) groups is 1. The van der Waals surface area contributed by atoms with Crippen LogP contribution in [0.25, 0.3) is 0 Å². The Morgan fingerprint density at radius 2 is 2.12 bits per heavy atom. The summed E-state index contributed by atoms with van der Waals surface area (Å²) in [6, 6.07) is 3.06. The summed E-state index contributed by atoms with van der Waals surface area (Å²) in [4.78, 5) is 12.8. The van der Waals surface area contributed by atoms with Crippen LogP contribution in [0.1, 0.15) is 12.8 Å². The number of benzene rings is 1. The van der Waals surface area contributed by atoms with Gasteiger partial charge in [0, 0.05) is 19.5 Å². The fourth-order valence-corrected chi connectivity index (χ4v) is 1.46. The average Bonchev–Trinajstić information content (AvgIpc) is 2.31. The SMILES string of the molecule is CNCCCC(=O)N(C)c1cc(F)ccc1F. The fourth-order valence-electron chi connectivity index (χ4n) is 1.46. The maximum atomic E-state index is 13.4. The van der Waals surface area contributed by atoms with E-state index in [0.29, 0.717) is 19.4 Å². The van der Waals surface area contributed by atoms with E-state index in [1.165, 1.54) is 7.05 Å². The van der Waals surface area contributed by atoms with Crippen LogP contribution >= 0.6 is 0 Å². The fraction of sp³-hybridized carbons (Fsp3) is 0.417. The van der Waals surface area contributed by atoms with Crippen molar-refractivity contribution in [1.29, 1.82) is 0 Å². The van der Waals surface area contributed by atoms with E-state index in [0.717, 1.165) is 23.1 Å². The van der Waals surface area contributed by atoms with Crippen molar-refractivity contribution in [1.82, 2.24) is 5.32 Å². The zero-order chi connectivity index (χ0) is 12.8. The van der Waals surface area contributed by atoms with Crippen LogP contribution in [0.2, 0.25) is 0 Å². The Labute approximate surface area is 99.4 Å². The molecule has 0 radical (unpaired) electrons. The number of amides is 1. The topological polar surface area (TPSA) is 32.3 Å². The molecule has 1 rings (SSSR count). The van der Waals surface area contributed by atoms with Gasteiger partial charge in [-0.15, -0.1) is 0 Å². The molecule has 94 valence electrons. The van der Waals surface area contributed by atoms with E-state index in [-0.39, 0.29) is 11.6 Å². The van der Waals surface area contributed by atoms with E-state index in [1.54, 1.807) is 7.05 Å². The van der Waals surface area contributed by atoms with Gasteiger partial charge in [0.15, 0.2) is 0 Å². The molecule has 5 heteroatoms. The number of hydrogen-bond donors (Lipinski definition) is 1. The first-order valence-corrected chi connectivity index (χ1v) is 5.42. The Kier molecular flexibility index (Phi) is 5.03. The molecule has 1 amide bonds. The number of hydrogen-bond acceptors (Lipinski definition) is 2. The predicted octanol–water partition coefficient (Wildman–Crippen LogP) is 1.93. The summed E-state index contributed by atoms with van der Waals surface area (Å²) in [6.07, 6.45) is 0.962. The van der Waals surface area contributed by atoms with Gasteiger partial charge in [-0.1, -0.05) is 0 Å². The Hall–Kier alpha value is -1.49. The lowest BCUT2D eigenvalue weighted by atomic mass is 10.2. The number of carbonyl (C=O) groups excluding carboxylic acids is 1. The van der Waals surface area contributed by atoms with Gasteiger partial charge in [0.25, 0.3) is 0 Å². The molecule has 1 aromatic rings. The van der Waals surface area contributed by atoms with E-state index in [2.05, 4.69) is 5.32 Å². The van der Waals surface area contributed by atoms with Crippen molar-refractivity contribution < 1.29 is 13.6 Å². The van der Waals surface area contributed by atoms with E-state index in [4.69, 9.17) is 0 Å². The highest BCUT2D eigenvalue weighted by Gasteiger charge is 2.15. The average molecular weight is 242 g/mol. The minimum Gasteiger partial charge on any atom is -0.320 e. The molecule has 0 aliphatic carbocycles. The highest BCUT2D eigenvalue weighted by molar-refractivity contribution is 5.92. The first kappa shape index (κ1) is 13.6. The summed E-state index contributed by atoms with van der Waals surface area (Å²) < 4.78 is 26.4. The standard InChI is InChI=1S/C12H16F2N2O/c1-15-7-3-4-12(17)16(2)11-8-9(13)5-6-10(11)14/h5-6,8,15H,3-4,7H2,1-2H3. The second-order valence-electron chi connectivity index (χ2n) is 3.76. The van der Waals surface area contributed by atoms with Gasteiger partial charge in [0.05, 0.1) is 5.69 Å². The van der Waals surface area contributed by atoms with Crippen LogP contribution in [0.15, 0.2) is 18.2 Å². The van der Waals surface area contributed by atoms with Gasteiger partial charge in [0.1, 0.15) is 11.6 Å². The van der Waals surface area contributed by atoms with Gasteiger partial charge in [0.2, 0.25) is 5.91 Å². The maximum absolute atomic E-state index is 13.4. The molecule has 0 unspecified atom stereocenters. The molecule has 0 fully saturated rings. The molecule has 3 nitrogen and oxygen atoms in total. The predicted molar refractivity (Wildman–Crippen MR) is 62.9 cm³/mol. The summed E-state index contributed by atoms with van der Waals surface area (Å²) >= 11 is 0. The highest BCUT2D eigenvalue weighted by Crippen LogP contribution is 2.20. The van der Waals surface area contributed by atoms with Crippen LogP contribution < -0.4 is 10.2 Å². The molecular formula is C12H16F2N2O. The van der Waals surface area contributed by atoms with E-state index >= 15 is 0 Å². The van der Waals surface area contributed by atoms with Crippen LogP contribution in [-0.2, 0) is 4.79 Å². The third-order valence-corrected chi connectivity index (χ3v) is 2.46. The lowest BCUT2D eigenvalue weighted by Crippen LogP contribution is -2.27. The van der Waals surface area contributed by atoms with E-state index in [1.807, 2.05) is 0 Å². The van der Waals surface area contributed by atoms with Gasteiger partial charge >= 0.3 is 0 Å². The Bertz CT molecular complexity index is 396. The van der Waals surface area contributed by atoms with Crippen molar-refractivity contribution in [2.45, 2.75) is 12.8 Å². The van der Waals surface area contributed by atoms with Crippen LogP contribution in [-0.4, -0.2) is 26.5 Å². The molecule has 0 aliphatic rings. The maximum Gasteiger partial charge on any atom is 0.226 e. The van der Waals surface area contributed by atoms with Gasteiger partial charge in [-0.25, -0.2) is 8.78 Å². The normalized spacial score (nSPS) is 10.4. The number of nitrogens with zero attached hydrogens (tertiary/aromatic N) is 1. The van der Waals surface area contributed by atoms with Crippen LogP contribution in [0.4, 0.5) is 14.5 Å². The van der Waals surface area contributed by atoms with Crippen LogP contribution in [0.3, 0.4) is 0 Å². The summed E-state index contributed by atoms with van der Waals surface area (Å²) in [5.41, 5.74) is -0.0283. The first-order valence-electron chi connectivity index (χ1n) is 5.42. The minimum atomic E-state index is -0.601. The van der Waals surface area contributed by atoms with Crippen LogP contribution in [0, 0.1) is 11.6 Å². The molecule has 0 saturated heterocycles. The number of halogens is 2. The van der Waals surface area contributed by atoms with Gasteiger partial charge in [-0.05, 0) is 32.1 Å². The smallest absolute Gasteiger partial charge is 0.226 e. The molecule has 0 aliphatic heterocycles. The van der Waals surface area contributed by atoms with Crippen molar-refractivity contribution in [2.75, 3.05) is 25.5 Å². The quantitative estimate of drug-likeness (QED) is 0.800. The number of anilines is 1. The largest absolute Gasteiger partial charge is 0.320 e. The van der Waals surface area contributed by atoms with Gasteiger partial charge < -0.3 is 10.2 Å². The molecule has 0 saturated carbocycles. The Morgan fingerprint density at radius 1 is 1.41 bits per heavy atom. The van der Waals surface area contributed by atoms with Crippen molar-refractivity contribution in [3.05, 3.63) is 29.8 Å². The summed E-state index contributed by atoms with van der Waals surface area (Å²) in [6.45, 7) is 0.714. The zero-order valence-corrected chi connectivity index (χ0v) is 9.96. The van der Waals surface area contributed by atoms with Crippen LogP contribution in [0.5, 0.6) is 0 Å². The third-order valence-electron chi connectivity index (χ3n) is 2.46. The first-order chi connectivity index (χ1) is 8.06. The molecule has 1 N–H and O–H groups in total.